The number of hydrogen-bond donors (Lipinski definition) is 0. The van der Waals surface area contributed by atoms with Crippen molar-refractivity contribution < 1.29 is 9.53 Å². The standard InChI is InChI=1S/C22H21N3O2/c26-22(20-8-9-21(23-16-20)24-12-14-27-15-13-24)25-11-10-19(17-25)7-6-18-4-2-1-3-5-18/h1-11,16-17H,12-15H2/b7-6+. The molecule has 5 nitrogen and oxygen atoms in total. The predicted octanol–water partition coefficient (Wildman–Crippen LogP) is 3.58. The van der Waals surface area contributed by atoms with E-state index in [1.165, 1.54) is 0 Å². The smallest absolute Gasteiger partial charge is 0.263 e. The summed E-state index contributed by atoms with van der Waals surface area (Å²) >= 11 is 0. The first kappa shape index (κ1) is 17.2. The molecule has 4 rings (SSSR count). The monoisotopic (exact) mass is 359 g/mol. The number of rotatable bonds is 4. The van der Waals surface area contributed by atoms with Gasteiger partial charge >= 0.3 is 0 Å². The van der Waals surface area contributed by atoms with E-state index in [4.69, 9.17) is 4.74 Å². The normalized spacial score (nSPS) is 14.6. The first-order chi connectivity index (χ1) is 13.3. The van der Waals surface area contributed by atoms with Crippen LogP contribution in [0.5, 0.6) is 0 Å². The molecule has 136 valence electrons. The van der Waals surface area contributed by atoms with E-state index >= 15 is 0 Å². The maximum Gasteiger partial charge on any atom is 0.263 e. The fraction of sp³-hybridized carbons (Fsp3) is 0.182. The van der Waals surface area contributed by atoms with Crippen molar-refractivity contribution >= 4 is 23.9 Å². The summed E-state index contributed by atoms with van der Waals surface area (Å²) in [5, 5.41) is 0. The fourth-order valence-corrected chi connectivity index (χ4v) is 3.04. The van der Waals surface area contributed by atoms with E-state index in [1.54, 1.807) is 17.0 Å². The second-order valence-corrected chi connectivity index (χ2v) is 6.41. The summed E-state index contributed by atoms with van der Waals surface area (Å²) in [7, 11) is 0. The van der Waals surface area contributed by atoms with E-state index < -0.39 is 0 Å². The van der Waals surface area contributed by atoms with E-state index in [1.807, 2.05) is 66.9 Å². The lowest BCUT2D eigenvalue weighted by Gasteiger charge is -2.27. The summed E-state index contributed by atoms with van der Waals surface area (Å²) in [6.07, 6.45) is 9.29. The third kappa shape index (κ3) is 4.15. The summed E-state index contributed by atoms with van der Waals surface area (Å²) in [5.74, 6) is 0.796. The quantitative estimate of drug-likeness (QED) is 0.714. The van der Waals surface area contributed by atoms with Crippen LogP contribution in [0.2, 0.25) is 0 Å². The van der Waals surface area contributed by atoms with Gasteiger partial charge in [-0.05, 0) is 29.3 Å². The number of pyridine rings is 1. The highest BCUT2D eigenvalue weighted by atomic mass is 16.5. The van der Waals surface area contributed by atoms with E-state index in [0.29, 0.717) is 18.8 Å². The topological polar surface area (TPSA) is 47.4 Å². The molecule has 3 aromatic rings. The zero-order valence-corrected chi connectivity index (χ0v) is 15.0. The minimum absolute atomic E-state index is 0.0876. The van der Waals surface area contributed by atoms with Crippen LogP contribution in [-0.4, -0.2) is 41.8 Å². The molecule has 0 bridgehead atoms. The summed E-state index contributed by atoms with van der Waals surface area (Å²) in [5.41, 5.74) is 2.67. The van der Waals surface area contributed by atoms with Crippen LogP contribution < -0.4 is 4.90 Å². The van der Waals surface area contributed by atoms with Gasteiger partial charge in [0.25, 0.3) is 5.91 Å². The molecule has 3 heterocycles. The fourth-order valence-electron chi connectivity index (χ4n) is 3.04. The lowest BCUT2D eigenvalue weighted by atomic mass is 10.2. The number of anilines is 1. The lowest BCUT2D eigenvalue weighted by Crippen LogP contribution is -2.36. The van der Waals surface area contributed by atoms with Crippen LogP contribution in [0, 0.1) is 0 Å². The maximum atomic E-state index is 12.7. The van der Waals surface area contributed by atoms with Crippen LogP contribution in [0.3, 0.4) is 0 Å². The van der Waals surface area contributed by atoms with Crippen molar-refractivity contribution in [2.75, 3.05) is 31.2 Å². The number of nitrogens with zero attached hydrogens (tertiary/aromatic N) is 3. The van der Waals surface area contributed by atoms with Gasteiger partial charge < -0.3 is 9.64 Å². The Balaban J connectivity index is 1.45. The molecule has 0 spiro atoms. The Bertz CT molecular complexity index is 924. The molecule has 0 amide bonds. The molecule has 27 heavy (non-hydrogen) atoms. The van der Waals surface area contributed by atoms with Gasteiger partial charge in [-0.3, -0.25) is 9.36 Å². The number of hydrogen-bond acceptors (Lipinski definition) is 4. The Kier molecular flexibility index (Phi) is 5.12. The predicted molar refractivity (Wildman–Crippen MR) is 107 cm³/mol. The lowest BCUT2D eigenvalue weighted by molar-refractivity contribution is 0.0960. The molecule has 0 atom stereocenters. The number of carbonyl (C=O) groups excluding carboxylic acids is 1. The number of carbonyl (C=O) groups is 1. The van der Waals surface area contributed by atoms with Crippen molar-refractivity contribution in [2.24, 2.45) is 0 Å². The highest BCUT2D eigenvalue weighted by Gasteiger charge is 2.14. The van der Waals surface area contributed by atoms with Crippen LogP contribution in [-0.2, 0) is 4.74 Å². The van der Waals surface area contributed by atoms with Crippen LogP contribution in [0.1, 0.15) is 21.5 Å². The van der Waals surface area contributed by atoms with Gasteiger partial charge in [0.1, 0.15) is 5.82 Å². The molecule has 0 radical (unpaired) electrons. The maximum absolute atomic E-state index is 12.7. The van der Waals surface area contributed by atoms with E-state index in [2.05, 4.69) is 9.88 Å². The molecule has 1 fully saturated rings. The average Bonchev–Trinajstić information content (AvgIpc) is 3.22. The van der Waals surface area contributed by atoms with Crippen molar-refractivity contribution in [3.8, 4) is 0 Å². The minimum atomic E-state index is -0.0876. The second-order valence-electron chi connectivity index (χ2n) is 6.41. The first-order valence-corrected chi connectivity index (χ1v) is 9.04. The van der Waals surface area contributed by atoms with Gasteiger partial charge in [-0.1, -0.05) is 42.5 Å². The summed E-state index contributed by atoms with van der Waals surface area (Å²) in [4.78, 5) is 19.3. The van der Waals surface area contributed by atoms with Gasteiger partial charge in [-0.25, -0.2) is 4.98 Å². The number of ether oxygens (including phenoxy) is 1. The Morgan fingerprint density at radius 3 is 2.48 bits per heavy atom. The second kappa shape index (κ2) is 8.01. The highest BCUT2D eigenvalue weighted by molar-refractivity contribution is 5.96. The van der Waals surface area contributed by atoms with Gasteiger partial charge in [0, 0.05) is 31.7 Å². The SMILES string of the molecule is O=C(c1ccc(N2CCOCC2)nc1)n1ccc(/C=C/c2ccccc2)c1. The Morgan fingerprint density at radius 1 is 0.963 bits per heavy atom. The van der Waals surface area contributed by atoms with Gasteiger partial charge in [0.15, 0.2) is 0 Å². The number of morpholine rings is 1. The minimum Gasteiger partial charge on any atom is -0.378 e. The molecule has 0 N–H and O–H groups in total. The van der Waals surface area contributed by atoms with Crippen molar-refractivity contribution in [3.63, 3.8) is 0 Å². The molecule has 5 heteroatoms. The molecule has 0 unspecified atom stereocenters. The van der Waals surface area contributed by atoms with E-state index in [0.717, 1.165) is 30.0 Å². The molecule has 0 aliphatic carbocycles. The van der Waals surface area contributed by atoms with Gasteiger partial charge in [-0.15, -0.1) is 0 Å². The van der Waals surface area contributed by atoms with Crippen molar-refractivity contribution in [1.29, 1.82) is 0 Å². The molecular formula is C22H21N3O2. The molecule has 1 aliphatic rings. The van der Waals surface area contributed by atoms with Crippen molar-refractivity contribution in [2.45, 2.75) is 0 Å². The van der Waals surface area contributed by atoms with Crippen molar-refractivity contribution in [3.05, 3.63) is 83.8 Å². The molecular weight excluding hydrogens is 338 g/mol. The van der Waals surface area contributed by atoms with Crippen LogP contribution in [0.15, 0.2) is 67.1 Å². The molecule has 1 saturated heterocycles. The van der Waals surface area contributed by atoms with Crippen LogP contribution in [0.25, 0.3) is 12.2 Å². The molecule has 1 aliphatic heterocycles. The Morgan fingerprint density at radius 2 is 1.74 bits per heavy atom. The van der Waals surface area contributed by atoms with Gasteiger partial charge in [0.2, 0.25) is 0 Å². The Hall–Kier alpha value is -3.18. The highest BCUT2D eigenvalue weighted by Crippen LogP contribution is 2.15. The van der Waals surface area contributed by atoms with Crippen LogP contribution >= 0.6 is 0 Å². The van der Waals surface area contributed by atoms with Crippen LogP contribution in [0.4, 0.5) is 5.82 Å². The molecule has 2 aromatic heterocycles. The third-order valence-corrected chi connectivity index (χ3v) is 4.55. The van der Waals surface area contributed by atoms with E-state index in [9.17, 15) is 4.79 Å². The average molecular weight is 359 g/mol. The van der Waals surface area contributed by atoms with Gasteiger partial charge in [-0.2, -0.15) is 0 Å². The summed E-state index contributed by atoms with van der Waals surface area (Å²) in [6, 6.07) is 15.7. The third-order valence-electron chi connectivity index (χ3n) is 4.55. The largest absolute Gasteiger partial charge is 0.378 e. The Labute approximate surface area is 158 Å². The number of aromatic nitrogens is 2. The molecule has 1 aromatic carbocycles. The van der Waals surface area contributed by atoms with Gasteiger partial charge in [0.05, 0.1) is 18.8 Å². The number of benzene rings is 1. The summed E-state index contributed by atoms with van der Waals surface area (Å²) < 4.78 is 6.95. The zero-order chi connectivity index (χ0) is 18.5. The van der Waals surface area contributed by atoms with Crippen molar-refractivity contribution in [1.82, 2.24) is 9.55 Å². The summed E-state index contributed by atoms with van der Waals surface area (Å²) in [6.45, 7) is 3.08. The molecule has 0 saturated carbocycles. The first-order valence-electron chi connectivity index (χ1n) is 9.04. The zero-order valence-electron chi connectivity index (χ0n) is 15.0. The van der Waals surface area contributed by atoms with E-state index in [-0.39, 0.29) is 5.91 Å².